The van der Waals surface area contributed by atoms with Crippen LogP contribution >= 0.6 is 0 Å². The fourth-order valence-electron chi connectivity index (χ4n) is 9.05. The Labute approximate surface area is 317 Å². The normalized spacial score (nSPS) is 19.7. The zero-order valence-corrected chi connectivity index (χ0v) is 30.7. The number of benzene rings is 7. The van der Waals surface area contributed by atoms with Gasteiger partial charge in [-0.3, -0.25) is 0 Å². The van der Waals surface area contributed by atoms with Crippen molar-refractivity contribution < 1.29 is 0 Å². The van der Waals surface area contributed by atoms with Gasteiger partial charge in [0.15, 0.2) is 0 Å². The fourth-order valence-corrected chi connectivity index (χ4v) is 9.05. The van der Waals surface area contributed by atoms with E-state index in [-0.39, 0.29) is 6.04 Å². The molecule has 0 fully saturated rings. The SMILES string of the molecule is CC1C=C(N(c2ccccc2)c2ccc(-c3ccc4c(ccc5ccccc54)c3)cc2)C=CC1C1=CC(C)C(n2c3ccccc3c3ccccc32)C=C1. The van der Waals surface area contributed by atoms with Crippen LogP contribution in [-0.4, -0.2) is 4.57 Å². The van der Waals surface area contributed by atoms with Crippen molar-refractivity contribution in [2.45, 2.75) is 19.9 Å². The van der Waals surface area contributed by atoms with Crippen molar-refractivity contribution in [2.75, 3.05) is 4.90 Å². The van der Waals surface area contributed by atoms with Crippen molar-refractivity contribution in [2.24, 2.45) is 17.8 Å². The molecule has 2 nitrogen and oxygen atoms in total. The Hall–Kier alpha value is -6.38. The number of hydrogen-bond donors (Lipinski definition) is 0. The van der Waals surface area contributed by atoms with Gasteiger partial charge in [-0.05, 0) is 98.6 Å². The lowest BCUT2D eigenvalue weighted by molar-refractivity contribution is 0.491. The van der Waals surface area contributed by atoms with E-state index in [9.17, 15) is 0 Å². The Kier molecular flexibility index (Phi) is 7.91. The lowest BCUT2D eigenvalue weighted by Crippen LogP contribution is -2.23. The molecule has 4 unspecified atom stereocenters. The number of para-hydroxylation sites is 3. The minimum absolute atomic E-state index is 0.263. The highest BCUT2D eigenvalue weighted by Crippen LogP contribution is 2.42. The monoisotopic (exact) mass is 694 g/mol. The Morgan fingerprint density at radius 2 is 1.07 bits per heavy atom. The van der Waals surface area contributed by atoms with E-state index in [0.717, 1.165) is 11.4 Å². The lowest BCUT2D eigenvalue weighted by Gasteiger charge is -2.33. The Morgan fingerprint density at radius 1 is 0.463 bits per heavy atom. The molecule has 2 aliphatic carbocycles. The smallest absolute Gasteiger partial charge is 0.0586 e. The highest BCUT2D eigenvalue weighted by Gasteiger charge is 2.28. The molecule has 0 amide bonds. The van der Waals surface area contributed by atoms with Gasteiger partial charge in [-0.25, -0.2) is 0 Å². The van der Waals surface area contributed by atoms with Crippen molar-refractivity contribution in [3.05, 3.63) is 205 Å². The molecule has 8 aromatic rings. The lowest BCUT2D eigenvalue weighted by atomic mass is 9.78. The fraction of sp³-hybridized carbons (Fsp3) is 0.115. The van der Waals surface area contributed by atoms with E-state index in [1.807, 2.05) is 0 Å². The Bertz CT molecular complexity index is 2760. The highest BCUT2D eigenvalue weighted by molar-refractivity contribution is 6.09. The van der Waals surface area contributed by atoms with E-state index in [2.05, 4.69) is 217 Å². The molecule has 260 valence electrons. The van der Waals surface area contributed by atoms with Crippen LogP contribution in [0.1, 0.15) is 19.9 Å². The van der Waals surface area contributed by atoms with Crippen LogP contribution in [0.15, 0.2) is 205 Å². The standard InChI is InChI=1S/C52H42N2/c1-35-33-44(28-30-45(35)40-25-31-50(36(2)32-40)54-51-18-10-8-16-48(51)49-17-9-11-19-52(49)54)53(42-13-4-3-5-14-42)43-26-22-37(23-27-43)39-24-29-47-41(34-39)21-20-38-12-6-7-15-46(38)47/h3-36,45,50H,1-2H3. The van der Waals surface area contributed by atoms with Gasteiger partial charge in [0.2, 0.25) is 0 Å². The minimum Gasteiger partial charge on any atom is -0.333 e. The average molecular weight is 695 g/mol. The first-order chi connectivity index (χ1) is 26.6. The number of fused-ring (bicyclic) bond motifs is 6. The number of nitrogens with zero attached hydrogens (tertiary/aromatic N) is 2. The van der Waals surface area contributed by atoms with Crippen LogP contribution in [0.3, 0.4) is 0 Å². The Morgan fingerprint density at radius 3 is 1.80 bits per heavy atom. The quantitative estimate of drug-likeness (QED) is 0.157. The maximum Gasteiger partial charge on any atom is 0.0586 e. The van der Waals surface area contributed by atoms with Crippen LogP contribution in [0.4, 0.5) is 11.4 Å². The molecule has 7 aromatic carbocycles. The summed E-state index contributed by atoms with van der Waals surface area (Å²) in [6.07, 6.45) is 14.6. The molecule has 2 aliphatic rings. The van der Waals surface area contributed by atoms with E-state index >= 15 is 0 Å². The van der Waals surface area contributed by atoms with Crippen LogP contribution in [0.2, 0.25) is 0 Å². The van der Waals surface area contributed by atoms with Crippen molar-refractivity contribution in [1.29, 1.82) is 0 Å². The number of anilines is 2. The second-order valence-electron chi connectivity index (χ2n) is 15.1. The molecule has 54 heavy (non-hydrogen) atoms. The summed E-state index contributed by atoms with van der Waals surface area (Å²) >= 11 is 0. The van der Waals surface area contributed by atoms with E-state index < -0.39 is 0 Å². The molecule has 10 rings (SSSR count). The third-order valence-electron chi connectivity index (χ3n) is 11.7. The maximum atomic E-state index is 2.54. The van der Waals surface area contributed by atoms with Crippen molar-refractivity contribution >= 4 is 54.7 Å². The van der Waals surface area contributed by atoms with Gasteiger partial charge in [-0.1, -0.05) is 159 Å². The molecule has 0 bridgehead atoms. The predicted molar refractivity (Wildman–Crippen MR) is 230 cm³/mol. The molecule has 0 saturated carbocycles. The molecule has 1 aromatic heterocycles. The predicted octanol–water partition coefficient (Wildman–Crippen LogP) is 14.0. The number of rotatable bonds is 6. The van der Waals surface area contributed by atoms with Gasteiger partial charge in [-0.2, -0.15) is 0 Å². The molecular weight excluding hydrogens is 653 g/mol. The molecule has 0 saturated heterocycles. The summed E-state index contributed by atoms with van der Waals surface area (Å²) in [5.41, 5.74) is 9.96. The molecule has 0 aliphatic heterocycles. The van der Waals surface area contributed by atoms with Crippen molar-refractivity contribution in [1.82, 2.24) is 4.57 Å². The molecular formula is C52H42N2. The molecule has 0 N–H and O–H groups in total. The topological polar surface area (TPSA) is 8.17 Å². The average Bonchev–Trinajstić information content (AvgIpc) is 3.55. The second-order valence-corrected chi connectivity index (χ2v) is 15.1. The zero-order valence-electron chi connectivity index (χ0n) is 30.7. The van der Waals surface area contributed by atoms with Crippen LogP contribution < -0.4 is 4.90 Å². The van der Waals surface area contributed by atoms with Crippen molar-refractivity contribution in [3.8, 4) is 11.1 Å². The zero-order chi connectivity index (χ0) is 36.2. The van der Waals surface area contributed by atoms with Gasteiger partial charge in [0, 0.05) is 44.8 Å². The molecule has 2 heteroatoms. The van der Waals surface area contributed by atoms with E-state index in [1.165, 1.54) is 65.7 Å². The van der Waals surface area contributed by atoms with Gasteiger partial charge < -0.3 is 9.47 Å². The highest BCUT2D eigenvalue weighted by atomic mass is 15.1. The first-order valence-corrected chi connectivity index (χ1v) is 19.3. The van der Waals surface area contributed by atoms with E-state index in [4.69, 9.17) is 0 Å². The van der Waals surface area contributed by atoms with Gasteiger partial charge in [-0.15, -0.1) is 0 Å². The summed E-state index contributed by atoms with van der Waals surface area (Å²) < 4.78 is 2.54. The number of hydrogen-bond acceptors (Lipinski definition) is 1. The summed E-state index contributed by atoms with van der Waals surface area (Å²) in [7, 11) is 0. The summed E-state index contributed by atoms with van der Waals surface area (Å²) in [6.45, 7) is 4.73. The summed E-state index contributed by atoms with van der Waals surface area (Å²) in [5, 5.41) is 7.79. The minimum atomic E-state index is 0.263. The maximum absolute atomic E-state index is 2.54. The molecule has 4 atom stereocenters. The molecule has 0 radical (unpaired) electrons. The first kappa shape index (κ1) is 32.3. The number of aromatic nitrogens is 1. The largest absolute Gasteiger partial charge is 0.333 e. The molecule has 1 heterocycles. The summed E-state index contributed by atoms with van der Waals surface area (Å²) in [6, 6.07) is 57.7. The van der Waals surface area contributed by atoms with Gasteiger partial charge >= 0.3 is 0 Å². The third kappa shape index (κ3) is 5.49. The van der Waals surface area contributed by atoms with Crippen LogP contribution in [0, 0.1) is 17.8 Å². The van der Waals surface area contributed by atoms with E-state index in [0.29, 0.717) is 17.8 Å². The molecule has 0 spiro atoms. The van der Waals surface area contributed by atoms with Gasteiger partial charge in [0.25, 0.3) is 0 Å². The summed E-state index contributed by atoms with van der Waals surface area (Å²) in [4.78, 5) is 2.39. The van der Waals surface area contributed by atoms with Gasteiger partial charge in [0.05, 0.1) is 6.04 Å². The number of allylic oxidation sites excluding steroid dienone is 7. The van der Waals surface area contributed by atoms with E-state index in [1.54, 1.807) is 0 Å². The third-order valence-corrected chi connectivity index (χ3v) is 11.7. The van der Waals surface area contributed by atoms with Crippen LogP contribution in [0.5, 0.6) is 0 Å². The van der Waals surface area contributed by atoms with Crippen LogP contribution in [0.25, 0.3) is 54.5 Å². The van der Waals surface area contributed by atoms with Gasteiger partial charge in [0.1, 0.15) is 0 Å². The second kappa shape index (κ2) is 13.2. The summed E-state index contributed by atoms with van der Waals surface area (Å²) in [5.74, 6) is 1.00. The first-order valence-electron chi connectivity index (χ1n) is 19.3. The Balaban J connectivity index is 0.930. The van der Waals surface area contributed by atoms with Crippen molar-refractivity contribution in [3.63, 3.8) is 0 Å². The van der Waals surface area contributed by atoms with Crippen LogP contribution in [-0.2, 0) is 0 Å².